The predicted molar refractivity (Wildman–Crippen MR) is 76.1 cm³/mol. The Morgan fingerprint density at radius 2 is 2.06 bits per heavy atom. The molecular formula is C14H14N2S. The molecule has 86 valence electrons. The Morgan fingerprint density at radius 1 is 1.12 bits per heavy atom. The van der Waals surface area contributed by atoms with Gasteiger partial charge >= 0.3 is 0 Å². The first-order chi connectivity index (χ1) is 8.47. The van der Waals surface area contributed by atoms with Crippen LogP contribution in [0, 0.1) is 0 Å². The summed E-state index contributed by atoms with van der Waals surface area (Å²) < 4.78 is 4.12. The van der Waals surface area contributed by atoms with Gasteiger partial charge in [-0.3, -0.25) is 0 Å². The summed E-state index contributed by atoms with van der Waals surface area (Å²) in [4.78, 5) is 1.22. The summed E-state index contributed by atoms with van der Waals surface area (Å²) in [5.74, 6) is 0. The largest absolute Gasteiger partial charge is 0.387 e. The normalized spacial score (nSPS) is 15.3. The first kappa shape index (κ1) is 11.7. The van der Waals surface area contributed by atoms with Crippen molar-refractivity contribution in [3.63, 3.8) is 0 Å². The number of dihydropyridines is 1. The molecule has 2 heterocycles. The molecule has 0 bridgehead atoms. The highest BCUT2D eigenvalue weighted by Crippen LogP contribution is 2.25. The zero-order valence-electron chi connectivity index (χ0n) is 9.41. The van der Waals surface area contributed by atoms with E-state index in [0.717, 1.165) is 6.54 Å². The van der Waals surface area contributed by atoms with Crippen molar-refractivity contribution in [3.8, 4) is 0 Å². The van der Waals surface area contributed by atoms with Crippen LogP contribution in [-0.2, 0) is 0 Å². The van der Waals surface area contributed by atoms with E-state index in [1.54, 1.807) is 0 Å². The molecule has 0 aliphatic carbocycles. The van der Waals surface area contributed by atoms with Crippen LogP contribution in [0.2, 0.25) is 0 Å². The molecule has 3 heteroatoms. The first-order valence-corrected chi connectivity index (χ1v) is 6.25. The highest BCUT2D eigenvalue weighted by molar-refractivity contribution is 7.98. The van der Waals surface area contributed by atoms with Gasteiger partial charge in [-0.15, -0.1) is 0 Å². The van der Waals surface area contributed by atoms with Crippen molar-refractivity contribution in [1.29, 1.82) is 0 Å². The molecule has 1 aromatic carbocycles. The van der Waals surface area contributed by atoms with Crippen molar-refractivity contribution in [2.45, 2.75) is 4.90 Å². The number of nitrogens with zero attached hydrogens (tertiary/aromatic N) is 1. The van der Waals surface area contributed by atoms with Crippen molar-refractivity contribution in [3.05, 3.63) is 60.3 Å². The fourth-order valence-corrected chi connectivity index (χ4v) is 2.00. The Hall–Kier alpha value is -1.74. The summed E-state index contributed by atoms with van der Waals surface area (Å²) in [6.45, 7) is 0.983. The SMILES string of the molecule is C1=CCNC=C1.C1=Cc2ccccc2SN=C1. The number of hydrogen-bond donors (Lipinski definition) is 1. The fourth-order valence-electron chi connectivity index (χ4n) is 1.38. The van der Waals surface area contributed by atoms with E-state index < -0.39 is 0 Å². The molecule has 2 aliphatic rings. The van der Waals surface area contributed by atoms with E-state index in [-0.39, 0.29) is 0 Å². The minimum atomic E-state index is 0.983. The maximum absolute atomic E-state index is 4.12. The second-order valence-electron chi connectivity index (χ2n) is 3.44. The molecule has 2 nitrogen and oxygen atoms in total. The highest BCUT2D eigenvalue weighted by Gasteiger charge is 1.98. The third kappa shape index (κ3) is 3.96. The van der Waals surface area contributed by atoms with E-state index in [1.807, 2.05) is 42.8 Å². The summed E-state index contributed by atoms with van der Waals surface area (Å²) in [6.07, 6.45) is 13.8. The van der Waals surface area contributed by atoms with Crippen LogP contribution >= 0.6 is 11.9 Å². The van der Waals surface area contributed by atoms with Crippen LogP contribution in [0.25, 0.3) is 6.08 Å². The molecule has 0 unspecified atom stereocenters. The second kappa shape index (κ2) is 6.76. The number of rotatable bonds is 0. The lowest BCUT2D eigenvalue weighted by atomic mass is 10.2. The maximum Gasteiger partial charge on any atom is 0.0377 e. The fraction of sp³-hybridized carbons (Fsp3) is 0.0714. The predicted octanol–water partition coefficient (Wildman–Crippen LogP) is 3.45. The minimum Gasteiger partial charge on any atom is -0.387 e. The summed E-state index contributed by atoms with van der Waals surface area (Å²) in [5.41, 5.74) is 1.25. The second-order valence-corrected chi connectivity index (χ2v) is 4.27. The van der Waals surface area contributed by atoms with Crippen molar-refractivity contribution in [1.82, 2.24) is 5.32 Å². The number of hydrogen-bond acceptors (Lipinski definition) is 3. The highest BCUT2D eigenvalue weighted by atomic mass is 32.2. The van der Waals surface area contributed by atoms with Crippen LogP contribution < -0.4 is 5.32 Å². The summed E-state index contributed by atoms with van der Waals surface area (Å²) in [5, 5.41) is 3.02. The van der Waals surface area contributed by atoms with Crippen molar-refractivity contribution < 1.29 is 0 Å². The van der Waals surface area contributed by atoms with Gasteiger partial charge in [-0.1, -0.05) is 36.4 Å². The monoisotopic (exact) mass is 242 g/mol. The summed E-state index contributed by atoms with van der Waals surface area (Å²) in [6, 6.07) is 8.23. The van der Waals surface area contributed by atoms with Gasteiger partial charge in [0.25, 0.3) is 0 Å². The average Bonchev–Trinajstić information content (AvgIpc) is 2.66. The Labute approximate surface area is 106 Å². The molecule has 1 N–H and O–H groups in total. The average molecular weight is 242 g/mol. The molecular weight excluding hydrogens is 228 g/mol. The van der Waals surface area contributed by atoms with Gasteiger partial charge in [0, 0.05) is 29.6 Å². The number of benzene rings is 1. The van der Waals surface area contributed by atoms with E-state index in [4.69, 9.17) is 0 Å². The lowest BCUT2D eigenvalue weighted by Crippen LogP contribution is -2.05. The Balaban J connectivity index is 0.000000153. The number of allylic oxidation sites excluding steroid dienone is 3. The first-order valence-electron chi connectivity index (χ1n) is 5.48. The van der Waals surface area contributed by atoms with E-state index in [9.17, 15) is 0 Å². The molecule has 0 radical (unpaired) electrons. The summed E-state index contributed by atoms with van der Waals surface area (Å²) >= 11 is 1.52. The number of fused-ring (bicyclic) bond motifs is 1. The van der Waals surface area contributed by atoms with E-state index >= 15 is 0 Å². The molecule has 0 fully saturated rings. The zero-order chi connectivity index (χ0) is 11.8. The van der Waals surface area contributed by atoms with E-state index in [1.165, 1.54) is 22.4 Å². The van der Waals surface area contributed by atoms with Gasteiger partial charge in [-0.2, -0.15) is 0 Å². The third-order valence-electron chi connectivity index (χ3n) is 2.19. The molecule has 0 spiro atoms. The van der Waals surface area contributed by atoms with Gasteiger partial charge in [-0.05, 0) is 30.0 Å². The third-order valence-corrected chi connectivity index (χ3v) is 2.99. The van der Waals surface area contributed by atoms with Crippen LogP contribution in [-0.4, -0.2) is 12.8 Å². The molecule has 0 saturated carbocycles. The zero-order valence-corrected chi connectivity index (χ0v) is 10.2. The van der Waals surface area contributed by atoms with E-state index in [0.29, 0.717) is 0 Å². The molecule has 0 saturated heterocycles. The molecule has 2 aliphatic heterocycles. The van der Waals surface area contributed by atoms with Crippen molar-refractivity contribution >= 4 is 24.2 Å². The van der Waals surface area contributed by atoms with Crippen molar-refractivity contribution in [2.75, 3.05) is 6.54 Å². The van der Waals surface area contributed by atoms with Crippen LogP contribution in [0.4, 0.5) is 0 Å². The van der Waals surface area contributed by atoms with Crippen LogP contribution in [0.3, 0.4) is 0 Å². The van der Waals surface area contributed by atoms with Gasteiger partial charge in [0.05, 0.1) is 0 Å². The minimum absolute atomic E-state index is 0.983. The van der Waals surface area contributed by atoms with Gasteiger partial charge in [-0.25, -0.2) is 4.40 Å². The maximum atomic E-state index is 4.12. The van der Waals surface area contributed by atoms with Gasteiger partial charge in [0.2, 0.25) is 0 Å². The number of nitrogens with one attached hydrogen (secondary N) is 1. The quantitative estimate of drug-likeness (QED) is 0.705. The van der Waals surface area contributed by atoms with Gasteiger partial charge in [0.15, 0.2) is 0 Å². The molecule has 0 atom stereocenters. The van der Waals surface area contributed by atoms with Gasteiger partial charge in [0.1, 0.15) is 0 Å². The Bertz CT molecular complexity index is 461. The smallest absolute Gasteiger partial charge is 0.0377 e. The lowest BCUT2D eigenvalue weighted by Gasteiger charge is -1.97. The Morgan fingerprint density at radius 3 is 2.76 bits per heavy atom. The molecule has 3 rings (SSSR count). The molecule has 0 aromatic heterocycles. The van der Waals surface area contributed by atoms with Gasteiger partial charge < -0.3 is 5.32 Å². The summed E-state index contributed by atoms with van der Waals surface area (Å²) in [7, 11) is 0. The van der Waals surface area contributed by atoms with E-state index in [2.05, 4.69) is 34.0 Å². The lowest BCUT2D eigenvalue weighted by molar-refractivity contribution is 0.972. The molecule has 0 amide bonds. The van der Waals surface area contributed by atoms with Crippen LogP contribution in [0.1, 0.15) is 5.56 Å². The standard InChI is InChI=1S/C9H7NS.C5H7N/c1-2-6-9-8(4-1)5-3-7-10-11-9;1-2-4-6-5-3-1/h1-7H;1-4,6H,5H2. The topological polar surface area (TPSA) is 24.4 Å². The van der Waals surface area contributed by atoms with Crippen LogP contribution in [0.15, 0.2) is 64.1 Å². The Kier molecular flexibility index (Phi) is 4.67. The van der Waals surface area contributed by atoms with Crippen LogP contribution in [0.5, 0.6) is 0 Å². The van der Waals surface area contributed by atoms with Crippen molar-refractivity contribution in [2.24, 2.45) is 4.40 Å². The molecule has 1 aromatic rings. The molecule has 17 heavy (non-hydrogen) atoms.